The van der Waals surface area contributed by atoms with Crippen LogP contribution in [0.1, 0.15) is 10.4 Å². The summed E-state index contributed by atoms with van der Waals surface area (Å²) >= 11 is 0. The van der Waals surface area contributed by atoms with Crippen molar-refractivity contribution >= 4 is 34.1 Å². The molecule has 6 nitrogen and oxygen atoms in total. The molecule has 0 aliphatic carbocycles. The summed E-state index contributed by atoms with van der Waals surface area (Å²) in [5.41, 5.74) is 7.85. The van der Waals surface area contributed by atoms with Crippen LogP contribution in [0.2, 0.25) is 0 Å². The second-order valence-corrected chi connectivity index (χ2v) is 4.50. The smallest absolute Gasteiger partial charge is 0.337 e. The molecule has 0 spiro atoms. The van der Waals surface area contributed by atoms with E-state index in [4.69, 9.17) is 10.8 Å². The van der Waals surface area contributed by atoms with Crippen LogP contribution in [0, 0.1) is 0 Å². The fourth-order valence-electron chi connectivity index (χ4n) is 1.99. The maximum atomic E-state index is 10.8. The Morgan fingerprint density at radius 1 is 1.19 bits per heavy atom. The maximum absolute atomic E-state index is 10.8. The van der Waals surface area contributed by atoms with Gasteiger partial charge in [-0.15, -0.1) is 0 Å². The van der Waals surface area contributed by atoms with Crippen molar-refractivity contribution in [1.82, 2.24) is 9.97 Å². The molecule has 0 bridgehead atoms. The Hall–Kier alpha value is -3.15. The van der Waals surface area contributed by atoms with E-state index in [1.54, 1.807) is 6.20 Å². The van der Waals surface area contributed by atoms with E-state index in [9.17, 15) is 4.79 Å². The van der Waals surface area contributed by atoms with Crippen LogP contribution in [0.3, 0.4) is 0 Å². The van der Waals surface area contributed by atoms with Gasteiger partial charge in [-0.1, -0.05) is 6.07 Å². The third kappa shape index (κ3) is 2.59. The monoisotopic (exact) mass is 280 g/mol. The number of hydrogen-bond donors (Lipinski definition) is 3. The summed E-state index contributed by atoms with van der Waals surface area (Å²) in [7, 11) is 0. The van der Waals surface area contributed by atoms with Gasteiger partial charge in [0, 0.05) is 23.5 Å². The normalized spacial score (nSPS) is 10.5. The van der Waals surface area contributed by atoms with Gasteiger partial charge in [0.25, 0.3) is 0 Å². The van der Waals surface area contributed by atoms with Crippen LogP contribution in [0.25, 0.3) is 10.9 Å². The summed E-state index contributed by atoms with van der Waals surface area (Å²) in [5.74, 6) is -0.638. The van der Waals surface area contributed by atoms with Crippen LogP contribution in [-0.4, -0.2) is 21.0 Å². The topological polar surface area (TPSA) is 101 Å². The maximum Gasteiger partial charge on any atom is 0.337 e. The minimum absolute atomic E-state index is 0.0563. The molecule has 3 rings (SSSR count). The van der Waals surface area contributed by atoms with Crippen LogP contribution in [0.5, 0.6) is 0 Å². The standard InChI is InChI=1S/C15H12N4O2/c16-12-7-10(15(20)21)8-18-14(12)19-11-3-4-13-9(6-11)2-1-5-17-13/h1-8H,16H2,(H,18,19)(H,20,21). The van der Waals surface area contributed by atoms with Crippen molar-refractivity contribution in [3.63, 3.8) is 0 Å². The lowest BCUT2D eigenvalue weighted by molar-refractivity contribution is 0.0696. The van der Waals surface area contributed by atoms with Gasteiger partial charge in [0.05, 0.1) is 16.8 Å². The molecule has 21 heavy (non-hydrogen) atoms. The molecule has 0 radical (unpaired) electrons. The van der Waals surface area contributed by atoms with Gasteiger partial charge in [0.1, 0.15) is 0 Å². The van der Waals surface area contributed by atoms with E-state index in [1.165, 1.54) is 12.3 Å². The summed E-state index contributed by atoms with van der Waals surface area (Å²) in [6.45, 7) is 0. The van der Waals surface area contributed by atoms with Crippen LogP contribution in [0.15, 0.2) is 48.8 Å². The van der Waals surface area contributed by atoms with Crippen LogP contribution in [0.4, 0.5) is 17.2 Å². The number of aromatic carboxylic acids is 1. The number of anilines is 3. The van der Waals surface area contributed by atoms with Crippen LogP contribution >= 0.6 is 0 Å². The van der Waals surface area contributed by atoms with E-state index in [-0.39, 0.29) is 11.3 Å². The summed E-state index contributed by atoms with van der Waals surface area (Å²) < 4.78 is 0. The number of nitrogens with two attached hydrogens (primary N) is 1. The number of carbonyl (C=O) groups is 1. The highest BCUT2D eigenvalue weighted by atomic mass is 16.4. The molecule has 0 atom stereocenters. The lowest BCUT2D eigenvalue weighted by atomic mass is 10.2. The van der Waals surface area contributed by atoms with Crippen molar-refractivity contribution in [3.8, 4) is 0 Å². The van der Waals surface area contributed by atoms with E-state index in [1.807, 2.05) is 30.3 Å². The first-order chi connectivity index (χ1) is 10.1. The van der Waals surface area contributed by atoms with E-state index < -0.39 is 5.97 Å². The minimum atomic E-state index is -1.06. The fourth-order valence-corrected chi connectivity index (χ4v) is 1.99. The van der Waals surface area contributed by atoms with Crippen molar-refractivity contribution in [2.45, 2.75) is 0 Å². The summed E-state index contributed by atoms with van der Waals surface area (Å²) in [5, 5.41) is 12.9. The zero-order valence-electron chi connectivity index (χ0n) is 10.9. The van der Waals surface area contributed by atoms with Gasteiger partial charge in [0.2, 0.25) is 0 Å². The van der Waals surface area contributed by atoms with E-state index in [0.29, 0.717) is 5.82 Å². The fraction of sp³-hybridized carbons (Fsp3) is 0. The second-order valence-electron chi connectivity index (χ2n) is 4.50. The molecule has 0 saturated carbocycles. The number of nitrogen functional groups attached to an aromatic ring is 1. The lowest BCUT2D eigenvalue weighted by Crippen LogP contribution is -2.03. The molecular formula is C15H12N4O2. The quantitative estimate of drug-likeness (QED) is 0.681. The van der Waals surface area contributed by atoms with Gasteiger partial charge in [-0.3, -0.25) is 4.98 Å². The van der Waals surface area contributed by atoms with E-state index >= 15 is 0 Å². The highest BCUT2D eigenvalue weighted by molar-refractivity contribution is 5.90. The predicted octanol–water partition coefficient (Wildman–Crippen LogP) is 2.65. The second kappa shape index (κ2) is 5.09. The Labute approximate surface area is 120 Å². The Kier molecular flexibility index (Phi) is 3.12. The number of nitrogens with one attached hydrogen (secondary N) is 1. The van der Waals surface area contributed by atoms with Gasteiger partial charge in [-0.25, -0.2) is 9.78 Å². The van der Waals surface area contributed by atoms with Gasteiger partial charge in [-0.05, 0) is 30.3 Å². The van der Waals surface area contributed by atoms with E-state index in [2.05, 4.69) is 15.3 Å². The number of benzene rings is 1. The third-order valence-electron chi connectivity index (χ3n) is 3.03. The molecule has 6 heteroatoms. The molecule has 0 unspecified atom stereocenters. The Bertz CT molecular complexity index is 833. The molecule has 1 aromatic carbocycles. The van der Waals surface area contributed by atoms with Crippen molar-refractivity contribution in [2.75, 3.05) is 11.1 Å². The largest absolute Gasteiger partial charge is 0.478 e. The average molecular weight is 280 g/mol. The zero-order valence-corrected chi connectivity index (χ0v) is 10.9. The van der Waals surface area contributed by atoms with Crippen LogP contribution < -0.4 is 11.1 Å². The minimum Gasteiger partial charge on any atom is -0.478 e. The molecule has 0 aliphatic rings. The average Bonchev–Trinajstić information content (AvgIpc) is 2.49. The highest BCUT2D eigenvalue weighted by Crippen LogP contribution is 2.24. The lowest BCUT2D eigenvalue weighted by Gasteiger charge is -2.09. The number of hydrogen-bond acceptors (Lipinski definition) is 5. The number of pyridine rings is 2. The highest BCUT2D eigenvalue weighted by Gasteiger charge is 2.08. The third-order valence-corrected chi connectivity index (χ3v) is 3.03. The SMILES string of the molecule is Nc1cc(C(=O)O)cnc1Nc1ccc2ncccc2c1. The number of nitrogens with zero attached hydrogens (tertiary/aromatic N) is 2. The molecule has 0 fully saturated rings. The number of carboxylic acids is 1. The molecule has 4 N–H and O–H groups in total. The van der Waals surface area contributed by atoms with Crippen LogP contribution in [-0.2, 0) is 0 Å². The molecule has 0 amide bonds. The molecule has 2 heterocycles. The van der Waals surface area contributed by atoms with E-state index in [0.717, 1.165) is 16.6 Å². The molecular weight excluding hydrogens is 268 g/mol. The molecule has 3 aromatic rings. The Morgan fingerprint density at radius 3 is 2.81 bits per heavy atom. The summed E-state index contributed by atoms with van der Waals surface area (Å²) in [6.07, 6.45) is 3.00. The first kappa shape index (κ1) is 12.9. The van der Waals surface area contributed by atoms with Crippen molar-refractivity contribution in [2.24, 2.45) is 0 Å². The van der Waals surface area contributed by atoms with Crippen molar-refractivity contribution in [1.29, 1.82) is 0 Å². The van der Waals surface area contributed by atoms with Gasteiger partial charge >= 0.3 is 5.97 Å². The Balaban J connectivity index is 1.93. The zero-order chi connectivity index (χ0) is 14.8. The molecule has 0 aliphatic heterocycles. The first-order valence-corrected chi connectivity index (χ1v) is 6.24. The molecule has 104 valence electrons. The first-order valence-electron chi connectivity index (χ1n) is 6.24. The number of carboxylic acid groups (broad SMARTS) is 1. The summed E-state index contributed by atoms with van der Waals surface area (Å²) in [6, 6.07) is 10.9. The van der Waals surface area contributed by atoms with Gasteiger partial charge in [0.15, 0.2) is 5.82 Å². The predicted molar refractivity (Wildman–Crippen MR) is 80.6 cm³/mol. The Morgan fingerprint density at radius 2 is 2.05 bits per heavy atom. The van der Waals surface area contributed by atoms with Crippen molar-refractivity contribution < 1.29 is 9.90 Å². The summed E-state index contributed by atoms with van der Waals surface area (Å²) in [4.78, 5) is 19.1. The number of aromatic nitrogens is 2. The molecule has 2 aromatic heterocycles. The molecule has 0 saturated heterocycles. The van der Waals surface area contributed by atoms with Gasteiger partial charge < -0.3 is 16.2 Å². The van der Waals surface area contributed by atoms with Gasteiger partial charge in [-0.2, -0.15) is 0 Å². The number of fused-ring (bicyclic) bond motifs is 1. The number of rotatable bonds is 3. The van der Waals surface area contributed by atoms with Crippen molar-refractivity contribution in [3.05, 3.63) is 54.4 Å².